The summed E-state index contributed by atoms with van der Waals surface area (Å²) in [5.74, 6) is -0.761. The van der Waals surface area contributed by atoms with E-state index in [2.05, 4.69) is 11.4 Å². The van der Waals surface area contributed by atoms with E-state index in [0.29, 0.717) is 17.9 Å². The summed E-state index contributed by atoms with van der Waals surface area (Å²) >= 11 is 11.7. The molecule has 0 heterocycles. The molecule has 0 atom stereocenters. The van der Waals surface area contributed by atoms with E-state index < -0.39 is 11.4 Å². The molecule has 2 amide bonds. The van der Waals surface area contributed by atoms with Crippen LogP contribution in [0.3, 0.4) is 0 Å². The number of nitrogens with one attached hydrogen (secondary N) is 1. The average Bonchev–Trinajstić information content (AvgIpc) is 2.43. The molecule has 1 aromatic carbocycles. The second-order valence-electron chi connectivity index (χ2n) is 5.26. The minimum absolute atomic E-state index is 0.183. The molecule has 0 radical (unpaired) electrons. The smallest absolute Gasteiger partial charge is 0.253 e. The molecule has 0 saturated heterocycles. The maximum Gasteiger partial charge on any atom is 0.253 e. The highest BCUT2D eigenvalue weighted by atomic mass is 35.5. The summed E-state index contributed by atoms with van der Waals surface area (Å²) in [7, 11) is 1.59. The molecule has 0 bridgehead atoms. The lowest BCUT2D eigenvalue weighted by Crippen LogP contribution is -2.55. The summed E-state index contributed by atoms with van der Waals surface area (Å²) in [6, 6.07) is 6.70. The number of hydrogen-bond acceptors (Lipinski definition) is 3. The van der Waals surface area contributed by atoms with Crippen LogP contribution in [-0.2, 0) is 4.79 Å². The normalized spacial score (nSPS) is 15.4. The fraction of sp³-hybridized carbons (Fsp3) is 0.400. The summed E-state index contributed by atoms with van der Waals surface area (Å²) in [5.41, 5.74) is -0.472. The molecule has 1 saturated carbocycles. The third-order valence-corrected chi connectivity index (χ3v) is 4.53. The molecule has 2 rings (SSSR count). The van der Waals surface area contributed by atoms with Gasteiger partial charge in [0.25, 0.3) is 5.91 Å². The number of carbonyl (C=O) groups is 2. The summed E-state index contributed by atoms with van der Waals surface area (Å²) < 4.78 is 0. The van der Waals surface area contributed by atoms with E-state index in [1.165, 1.54) is 17.0 Å². The van der Waals surface area contributed by atoms with Gasteiger partial charge in [-0.2, -0.15) is 5.26 Å². The minimum Gasteiger partial charge on any atom is -0.343 e. The molecule has 1 N–H and O–H groups in total. The third-order valence-electron chi connectivity index (χ3n) is 3.98. The van der Waals surface area contributed by atoms with Crippen LogP contribution in [0.2, 0.25) is 10.0 Å². The van der Waals surface area contributed by atoms with Crippen molar-refractivity contribution in [1.82, 2.24) is 10.2 Å². The van der Waals surface area contributed by atoms with E-state index in [9.17, 15) is 14.9 Å². The van der Waals surface area contributed by atoms with Crippen molar-refractivity contribution in [3.8, 4) is 6.07 Å². The number of likely N-dealkylation sites (N-methyl/N-ethyl adjacent to an activating group) is 1. The van der Waals surface area contributed by atoms with Crippen molar-refractivity contribution in [2.45, 2.75) is 24.8 Å². The number of rotatable bonds is 4. The Morgan fingerprint density at radius 3 is 2.59 bits per heavy atom. The predicted octanol–water partition coefficient (Wildman–Crippen LogP) is 2.63. The van der Waals surface area contributed by atoms with Crippen molar-refractivity contribution in [2.24, 2.45) is 0 Å². The Bertz CT molecular complexity index is 651. The number of nitriles is 1. The van der Waals surface area contributed by atoms with E-state index in [0.717, 1.165) is 6.42 Å². The van der Waals surface area contributed by atoms with E-state index in [4.69, 9.17) is 23.2 Å². The highest BCUT2D eigenvalue weighted by Gasteiger charge is 2.43. The molecule has 1 aliphatic carbocycles. The summed E-state index contributed by atoms with van der Waals surface area (Å²) in [5, 5.41) is 12.4. The fourth-order valence-corrected chi connectivity index (χ4v) is 2.81. The van der Waals surface area contributed by atoms with Crippen LogP contribution in [0.25, 0.3) is 0 Å². The van der Waals surface area contributed by atoms with Crippen LogP contribution in [-0.4, -0.2) is 35.8 Å². The molecular formula is C15H15Cl2N3O2. The Labute approximate surface area is 138 Å². The zero-order chi connectivity index (χ0) is 16.3. The van der Waals surface area contributed by atoms with E-state index in [1.54, 1.807) is 13.1 Å². The SMILES string of the molecule is CN(C(=O)CNC(=O)c1ccc(Cl)cc1Cl)C1(C#N)CCC1. The Balaban J connectivity index is 1.96. The standard InChI is InChI=1S/C15H15Cl2N3O2/c1-20(15(9-18)5-2-6-15)13(21)8-19-14(22)11-4-3-10(16)7-12(11)17/h3-4,7H,2,5-6,8H2,1H3,(H,19,22). The molecule has 5 nitrogen and oxygen atoms in total. The van der Waals surface area contributed by atoms with Gasteiger partial charge in [0.1, 0.15) is 5.54 Å². The Morgan fingerprint density at radius 2 is 2.09 bits per heavy atom. The minimum atomic E-state index is -0.722. The summed E-state index contributed by atoms with van der Waals surface area (Å²) in [4.78, 5) is 25.6. The Morgan fingerprint density at radius 1 is 1.41 bits per heavy atom. The van der Waals surface area contributed by atoms with E-state index in [-0.39, 0.29) is 23.0 Å². The van der Waals surface area contributed by atoms with Crippen molar-refractivity contribution in [2.75, 3.05) is 13.6 Å². The van der Waals surface area contributed by atoms with Crippen LogP contribution >= 0.6 is 23.2 Å². The first-order valence-corrected chi connectivity index (χ1v) is 7.56. The first kappa shape index (κ1) is 16.6. The van der Waals surface area contributed by atoms with Gasteiger partial charge in [-0.1, -0.05) is 23.2 Å². The molecule has 1 aliphatic rings. The van der Waals surface area contributed by atoms with Crippen LogP contribution in [0.5, 0.6) is 0 Å². The van der Waals surface area contributed by atoms with Crippen molar-refractivity contribution in [3.05, 3.63) is 33.8 Å². The van der Waals surface area contributed by atoms with Crippen LogP contribution < -0.4 is 5.32 Å². The van der Waals surface area contributed by atoms with E-state index in [1.807, 2.05) is 0 Å². The number of amides is 2. The number of benzene rings is 1. The molecule has 1 fully saturated rings. The van der Waals surface area contributed by atoms with Gasteiger partial charge in [-0.05, 0) is 37.5 Å². The van der Waals surface area contributed by atoms with Gasteiger partial charge >= 0.3 is 0 Å². The first-order chi connectivity index (χ1) is 10.4. The van der Waals surface area contributed by atoms with Crippen LogP contribution in [0.1, 0.15) is 29.6 Å². The lowest BCUT2D eigenvalue weighted by molar-refractivity contribution is -0.135. The van der Waals surface area contributed by atoms with E-state index >= 15 is 0 Å². The lowest BCUT2D eigenvalue weighted by atomic mass is 9.76. The zero-order valence-electron chi connectivity index (χ0n) is 12.0. The number of hydrogen-bond donors (Lipinski definition) is 1. The second-order valence-corrected chi connectivity index (χ2v) is 6.10. The lowest BCUT2D eigenvalue weighted by Gasteiger charge is -2.42. The number of halogens is 2. The summed E-state index contributed by atoms with van der Waals surface area (Å²) in [6.07, 6.45) is 2.27. The third kappa shape index (κ3) is 3.18. The molecule has 116 valence electrons. The highest BCUT2D eigenvalue weighted by molar-refractivity contribution is 6.36. The molecule has 0 aliphatic heterocycles. The van der Waals surface area contributed by atoms with Gasteiger partial charge in [0, 0.05) is 12.1 Å². The first-order valence-electron chi connectivity index (χ1n) is 6.81. The van der Waals surface area contributed by atoms with Gasteiger partial charge in [0.15, 0.2) is 0 Å². The van der Waals surface area contributed by atoms with Gasteiger partial charge in [-0.15, -0.1) is 0 Å². The molecule has 0 spiro atoms. The Hall–Kier alpha value is -1.77. The van der Waals surface area contributed by atoms with Gasteiger partial charge in [-0.25, -0.2) is 0 Å². The molecular weight excluding hydrogens is 325 g/mol. The second kappa shape index (κ2) is 6.55. The van der Waals surface area contributed by atoms with Gasteiger partial charge < -0.3 is 10.2 Å². The van der Waals surface area contributed by atoms with Gasteiger partial charge in [0.2, 0.25) is 5.91 Å². The van der Waals surface area contributed by atoms with Crippen LogP contribution in [0.15, 0.2) is 18.2 Å². The van der Waals surface area contributed by atoms with Crippen molar-refractivity contribution in [3.63, 3.8) is 0 Å². The quantitative estimate of drug-likeness (QED) is 0.916. The number of carbonyl (C=O) groups excluding carboxylic acids is 2. The van der Waals surface area contributed by atoms with Crippen molar-refractivity contribution >= 4 is 35.0 Å². The summed E-state index contributed by atoms with van der Waals surface area (Å²) in [6.45, 7) is -0.183. The maximum atomic E-state index is 12.1. The zero-order valence-corrected chi connectivity index (χ0v) is 13.5. The maximum absolute atomic E-state index is 12.1. The predicted molar refractivity (Wildman–Crippen MR) is 83.8 cm³/mol. The largest absolute Gasteiger partial charge is 0.343 e. The van der Waals surface area contributed by atoms with Crippen LogP contribution in [0, 0.1) is 11.3 Å². The molecule has 0 aromatic heterocycles. The molecule has 0 unspecified atom stereocenters. The molecule has 22 heavy (non-hydrogen) atoms. The average molecular weight is 340 g/mol. The van der Waals surface area contributed by atoms with Crippen LogP contribution in [0.4, 0.5) is 0 Å². The highest BCUT2D eigenvalue weighted by Crippen LogP contribution is 2.36. The topological polar surface area (TPSA) is 73.2 Å². The monoisotopic (exact) mass is 339 g/mol. The van der Waals surface area contributed by atoms with Gasteiger partial charge in [0.05, 0.1) is 23.2 Å². The van der Waals surface area contributed by atoms with Gasteiger partial charge in [-0.3, -0.25) is 9.59 Å². The van der Waals surface area contributed by atoms with Crippen molar-refractivity contribution in [1.29, 1.82) is 5.26 Å². The Kier molecular flexibility index (Phi) is 4.94. The van der Waals surface area contributed by atoms with Crippen molar-refractivity contribution < 1.29 is 9.59 Å². The molecule has 7 heteroatoms. The molecule has 1 aromatic rings. The number of nitrogens with zero attached hydrogens (tertiary/aromatic N) is 2. The fourth-order valence-electron chi connectivity index (χ4n) is 2.32.